The largest absolute Gasteiger partial charge is 0.320 e. The third-order valence-electron chi connectivity index (χ3n) is 2.22. The van der Waals surface area contributed by atoms with Crippen molar-refractivity contribution in [1.29, 1.82) is 0 Å². The molecule has 10 heavy (non-hydrogen) atoms. The molecule has 2 nitrogen and oxygen atoms in total. The molecule has 60 valence electrons. The van der Waals surface area contributed by atoms with Crippen LogP contribution >= 0.6 is 22.6 Å². The Morgan fingerprint density at radius 1 is 1.80 bits per heavy atom. The van der Waals surface area contributed by atoms with Gasteiger partial charge in [-0.1, -0.05) is 29.5 Å². The lowest BCUT2D eigenvalue weighted by molar-refractivity contribution is 0.221. The molecule has 0 aromatic rings. The Balaban J connectivity index is 2.24. The van der Waals surface area contributed by atoms with Gasteiger partial charge >= 0.3 is 0 Å². The van der Waals surface area contributed by atoms with Crippen molar-refractivity contribution in [3.63, 3.8) is 0 Å². The minimum Gasteiger partial charge on any atom is -0.320 e. The second-order valence-electron chi connectivity index (χ2n) is 3.00. The monoisotopic (exact) mass is 254 g/mol. The van der Waals surface area contributed by atoms with Crippen molar-refractivity contribution in [1.82, 2.24) is 10.6 Å². The van der Waals surface area contributed by atoms with Crippen molar-refractivity contribution in [3.8, 4) is 0 Å². The van der Waals surface area contributed by atoms with Gasteiger partial charge in [0.2, 0.25) is 0 Å². The average Bonchev–Trinajstić information content (AvgIpc) is 1.97. The summed E-state index contributed by atoms with van der Waals surface area (Å²) >= 11 is 2.52. The molecule has 1 rings (SSSR count). The first kappa shape index (κ1) is 8.74. The van der Waals surface area contributed by atoms with Crippen molar-refractivity contribution in [2.75, 3.05) is 20.1 Å². The van der Waals surface area contributed by atoms with E-state index in [2.05, 4.69) is 40.1 Å². The van der Waals surface area contributed by atoms with Gasteiger partial charge in [0.05, 0.1) is 3.55 Å². The maximum atomic E-state index is 3.45. The molecule has 0 saturated carbocycles. The predicted octanol–water partition coefficient (Wildman–Crippen LogP) is 0.966. The highest BCUT2D eigenvalue weighted by atomic mass is 127. The van der Waals surface area contributed by atoms with Gasteiger partial charge in [-0.2, -0.15) is 0 Å². The van der Waals surface area contributed by atoms with E-state index in [4.69, 9.17) is 0 Å². The summed E-state index contributed by atoms with van der Waals surface area (Å²) in [5.74, 6) is 0.835. The fourth-order valence-corrected chi connectivity index (χ4v) is 1.88. The Labute approximate surface area is 76.3 Å². The predicted molar refractivity (Wildman–Crippen MR) is 52.5 cm³/mol. The van der Waals surface area contributed by atoms with E-state index in [-0.39, 0.29) is 0 Å². The third kappa shape index (κ3) is 1.62. The lowest BCUT2D eigenvalue weighted by Gasteiger charge is -2.45. The van der Waals surface area contributed by atoms with Gasteiger partial charge in [0.25, 0.3) is 0 Å². The molecule has 0 unspecified atom stereocenters. The zero-order valence-electron chi connectivity index (χ0n) is 6.58. The van der Waals surface area contributed by atoms with E-state index >= 15 is 0 Å². The van der Waals surface area contributed by atoms with Gasteiger partial charge in [0.1, 0.15) is 0 Å². The van der Waals surface area contributed by atoms with Crippen LogP contribution in [0.15, 0.2) is 0 Å². The SMILES string of the molecule is CNCC[C@@]1(I)NC[C@@H]1C. The number of hydrogen-bond acceptors (Lipinski definition) is 2. The molecule has 0 aliphatic carbocycles. The van der Waals surface area contributed by atoms with E-state index < -0.39 is 0 Å². The van der Waals surface area contributed by atoms with Crippen LogP contribution in [0.1, 0.15) is 13.3 Å². The van der Waals surface area contributed by atoms with Crippen molar-refractivity contribution < 1.29 is 0 Å². The molecule has 1 saturated heterocycles. The van der Waals surface area contributed by atoms with Crippen LogP contribution in [0, 0.1) is 5.92 Å². The molecule has 0 bridgehead atoms. The summed E-state index contributed by atoms with van der Waals surface area (Å²) in [6.45, 7) is 4.60. The van der Waals surface area contributed by atoms with Crippen molar-refractivity contribution in [2.45, 2.75) is 16.9 Å². The number of nitrogens with one attached hydrogen (secondary N) is 2. The molecule has 1 heterocycles. The average molecular weight is 254 g/mol. The van der Waals surface area contributed by atoms with E-state index in [1.165, 1.54) is 13.0 Å². The maximum Gasteiger partial charge on any atom is 0.0755 e. The fourth-order valence-electron chi connectivity index (χ4n) is 1.17. The number of halogens is 1. The third-order valence-corrected chi connectivity index (χ3v) is 4.21. The summed E-state index contributed by atoms with van der Waals surface area (Å²) in [5.41, 5.74) is 0. The summed E-state index contributed by atoms with van der Waals surface area (Å²) < 4.78 is 0.390. The number of alkyl halides is 1. The van der Waals surface area contributed by atoms with E-state index in [0.29, 0.717) is 3.55 Å². The Morgan fingerprint density at radius 3 is 2.80 bits per heavy atom. The van der Waals surface area contributed by atoms with Crippen LogP contribution in [-0.2, 0) is 0 Å². The van der Waals surface area contributed by atoms with Crippen LogP contribution in [0.4, 0.5) is 0 Å². The Kier molecular flexibility index (Phi) is 2.94. The van der Waals surface area contributed by atoms with Gasteiger partial charge in [-0.3, -0.25) is 0 Å². The highest BCUT2D eigenvalue weighted by Gasteiger charge is 2.40. The zero-order chi connectivity index (χ0) is 7.61. The summed E-state index contributed by atoms with van der Waals surface area (Å²) in [5, 5.41) is 6.62. The van der Waals surface area contributed by atoms with Gasteiger partial charge in [-0.05, 0) is 25.9 Å². The van der Waals surface area contributed by atoms with E-state index in [0.717, 1.165) is 12.5 Å². The highest BCUT2D eigenvalue weighted by molar-refractivity contribution is 14.1. The summed E-state index contributed by atoms with van der Waals surface area (Å²) in [4.78, 5) is 0. The summed E-state index contributed by atoms with van der Waals surface area (Å²) in [6, 6.07) is 0. The second-order valence-corrected chi connectivity index (χ2v) is 4.92. The second kappa shape index (κ2) is 3.36. The Hall–Kier alpha value is 0.650. The van der Waals surface area contributed by atoms with Gasteiger partial charge in [0, 0.05) is 6.54 Å². The maximum absolute atomic E-state index is 3.45. The van der Waals surface area contributed by atoms with Crippen LogP contribution in [0.2, 0.25) is 0 Å². The highest BCUT2D eigenvalue weighted by Crippen LogP contribution is 2.35. The van der Waals surface area contributed by atoms with Crippen LogP contribution in [0.5, 0.6) is 0 Å². The first-order chi connectivity index (χ1) is 4.69. The lowest BCUT2D eigenvalue weighted by atomic mass is 9.91. The molecule has 1 aliphatic rings. The topological polar surface area (TPSA) is 24.1 Å². The molecule has 2 N–H and O–H groups in total. The van der Waals surface area contributed by atoms with Crippen molar-refractivity contribution in [2.24, 2.45) is 5.92 Å². The van der Waals surface area contributed by atoms with Crippen LogP contribution in [-0.4, -0.2) is 23.7 Å². The molecule has 0 amide bonds. The molecule has 0 spiro atoms. The Morgan fingerprint density at radius 2 is 2.50 bits per heavy atom. The minimum atomic E-state index is 0.390. The first-order valence-electron chi connectivity index (χ1n) is 3.77. The van der Waals surface area contributed by atoms with E-state index in [9.17, 15) is 0 Å². The fraction of sp³-hybridized carbons (Fsp3) is 1.00. The van der Waals surface area contributed by atoms with Gasteiger partial charge < -0.3 is 10.6 Å². The summed E-state index contributed by atoms with van der Waals surface area (Å²) in [6.07, 6.45) is 1.23. The molecule has 0 aromatic heterocycles. The van der Waals surface area contributed by atoms with Crippen LogP contribution in [0.25, 0.3) is 0 Å². The van der Waals surface area contributed by atoms with Gasteiger partial charge in [-0.15, -0.1) is 0 Å². The van der Waals surface area contributed by atoms with E-state index in [1.54, 1.807) is 0 Å². The van der Waals surface area contributed by atoms with Gasteiger partial charge in [-0.25, -0.2) is 0 Å². The number of rotatable bonds is 3. The Bertz CT molecular complexity index is 118. The standard InChI is InChI=1S/C7H15IN2/c1-6-5-10-7(6,8)3-4-9-2/h6,9-10H,3-5H2,1-2H3/t6-,7+/m0/s1. The van der Waals surface area contributed by atoms with Gasteiger partial charge in [0.15, 0.2) is 0 Å². The summed E-state index contributed by atoms with van der Waals surface area (Å²) in [7, 11) is 2.00. The van der Waals surface area contributed by atoms with Crippen molar-refractivity contribution in [3.05, 3.63) is 0 Å². The molecular formula is C7H15IN2. The minimum absolute atomic E-state index is 0.390. The van der Waals surface area contributed by atoms with Crippen molar-refractivity contribution >= 4 is 22.6 Å². The number of hydrogen-bond donors (Lipinski definition) is 2. The molecular weight excluding hydrogens is 239 g/mol. The smallest absolute Gasteiger partial charge is 0.0755 e. The zero-order valence-corrected chi connectivity index (χ0v) is 8.73. The molecule has 1 aliphatic heterocycles. The lowest BCUT2D eigenvalue weighted by Crippen LogP contribution is -2.60. The van der Waals surface area contributed by atoms with Crippen LogP contribution < -0.4 is 10.6 Å². The molecule has 1 fully saturated rings. The molecule has 2 atom stereocenters. The van der Waals surface area contributed by atoms with Crippen LogP contribution in [0.3, 0.4) is 0 Å². The molecule has 3 heteroatoms. The molecule has 0 radical (unpaired) electrons. The molecule has 0 aromatic carbocycles. The van der Waals surface area contributed by atoms with E-state index in [1.807, 2.05) is 7.05 Å². The quantitative estimate of drug-likeness (QED) is 0.445. The first-order valence-corrected chi connectivity index (χ1v) is 4.85. The normalized spacial score (nSPS) is 39.3.